The topological polar surface area (TPSA) is 70.5 Å². The third-order valence-corrected chi connectivity index (χ3v) is 5.80. The van der Waals surface area contributed by atoms with E-state index in [4.69, 9.17) is 28.9 Å². The van der Waals surface area contributed by atoms with Gasteiger partial charge in [-0.05, 0) is 31.1 Å². The SMILES string of the molecule is O=C(O)CCCCCN1C(=O)C(=Cc2ccc3cccc(Cl)c3n2)SC1=S. The molecule has 8 heteroatoms. The first kappa shape index (κ1) is 19.8. The minimum atomic E-state index is -0.800. The van der Waals surface area contributed by atoms with Crippen molar-refractivity contribution < 1.29 is 14.7 Å². The van der Waals surface area contributed by atoms with Crippen molar-refractivity contribution >= 4 is 68.8 Å². The van der Waals surface area contributed by atoms with Crippen LogP contribution in [-0.2, 0) is 9.59 Å². The average Bonchev–Trinajstić information content (AvgIpc) is 2.89. The maximum atomic E-state index is 12.6. The number of carbonyl (C=O) groups is 2. The molecule has 0 saturated carbocycles. The molecular weight excluding hydrogens is 404 g/mol. The maximum absolute atomic E-state index is 12.6. The van der Waals surface area contributed by atoms with E-state index in [0.717, 1.165) is 18.2 Å². The number of amides is 1. The summed E-state index contributed by atoms with van der Waals surface area (Å²) in [6.07, 6.45) is 3.94. The smallest absolute Gasteiger partial charge is 0.303 e. The molecule has 1 aliphatic heterocycles. The van der Waals surface area contributed by atoms with Crippen LogP contribution in [-0.4, -0.2) is 37.7 Å². The van der Waals surface area contributed by atoms with Crippen molar-refractivity contribution in [2.75, 3.05) is 6.54 Å². The molecule has 1 saturated heterocycles. The quantitative estimate of drug-likeness (QED) is 0.396. The Morgan fingerprint density at radius 1 is 1.26 bits per heavy atom. The Morgan fingerprint density at radius 3 is 2.85 bits per heavy atom. The van der Waals surface area contributed by atoms with Crippen molar-refractivity contribution in [1.82, 2.24) is 9.88 Å². The van der Waals surface area contributed by atoms with Gasteiger partial charge in [-0.15, -0.1) is 0 Å². The monoisotopic (exact) mass is 420 g/mol. The van der Waals surface area contributed by atoms with E-state index < -0.39 is 5.97 Å². The Kier molecular flexibility index (Phi) is 6.46. The van der Waals surface area contributed by atoms with Gasteiger partial charge in [0.1, 0.15) is 4.32 Å². The van der Waals surface area contributed by atoms with Gasteiger partial charge in [0.05, 0.1) is 21.1 Å². The van der Waals surface area contributed by atoms with Gasteiger partial charge >= 0.3 is 5.97 Å². The Balaban J connectivity index is 1.69. The lowest BCUT2D eigenvalue weighted by atomic mass is 10.2. The number of aromatic nitrogens is 1. The molecule has 0 aliphatic carbocycles. The Hall–Kier alpha value is -1.96. The number of para-hydroxylation sites is 1. The number of hydrogen-bond donors (Lipinski definition) is 1. The Labute approximate surface area is 171 Å². The molecule has 1 aromatic heterocycles. The van der Waals surface area contributed by atoms with Crippen LogP contribution in [0.3, 0.4) is 0 Å². The highest BCUT2D eigenvalue weighted by Crippen LogP contribution is 2.33. The number of carboxylic acid groups (broad SMARTS) is 1. The van der Waals surface area contributed by atoms with Crippen molar-refractivity contribution in [3.8, 4) is 0 Å². The summed E-state index contributed by atoms with van der Waals surface area (Å²) < 4.78 is 0.517. The van der Waals surface area contributed by atoms with Crippen molar-refractivity contribution in [2.45, 2.75) is 25.7 Å². The number of benzene rings is 1. The van der Waals surface area contributed by atoms with E-state index in [1.165, 1.54) is 11.8 Å². The van der Waals surface area contributed by atoms with Gasteiger partial charge in [-0.25, -0.2) is 4.98 Å². The zero-order valence-electron chi connectivity index (χ0n) is 14.4. The number of carboxylic acids is 1. The predicted molar refractivity (Wildman–Crippen MR) is 113 cm³/mol. The molecule has 1 aromatic carbocycles. The molecular formula is C19H17ClN2O3S2. The highest BCUT2D eigenvalue weighted by Gasteiger charge is 2.31. The third-order valence-electron chi connectivity index (χ3n) is 4.12. The van der Waals surface area contributed by atoms with Gasteiger partial charge in [0, 0.05) is 18.4 Å². The average molecular weight is 421 g/mol. The molecule has 0 spiro atoms. The maximum Gasteiger partial charge on any atom is 0.303 e. The summed E-state index contributed by atoms with van der Waals surface area (Å²) >= 11 is 12.8. The first-order chi connectivity index (χ1) is 13.0. The second kappa shape index (κ2) is 8.82. The van der Waals surface area contributed by atoms with Gasteiger partial charge in [-0.1, -0.05) is 60.2 Å². The fraction of sp³-hybridized carbons (Fsp3) is 0.263. The molecule has 3 rings (SSSR count). The van der Waals surface area contributed by atoms with E-state index in [-0.39, 0.29) is 12.3 Å². The van der Waals surface area contributed by atoms with Crippen LogP contribution in [0.5, 0.6) is 0 Å². The van der Waals surface area contributed by atoms with Crippen LogP contribution >= 0.6 is 35.6 Å². The number of hydrogen-bond acceptors (Lipinski definition) is 5. The molecule has 1 fully saturated rings. The number of aliphatic carboxylic acids is 1. The molecule has 140 valence electrons. The zero-order chi connectivity index (χ0) is 19.4. The molecule has 27 heavy (non-hydrogen) atoms. The second-order valence-electron chi connectivity index (χ2n) is 6.09. The summed E-state index contributed by atoms with van der Waals surface area (Å²) in [5.41, 5.74) is 1.35. The van der Waals surface area contributed by atoms with Gasteiger partial charge in [-0.3, -0.25) is 14.5 Å². The molecule has 1 N–H and O–H groups in total. The largest absolute Gasteiger partial charge is 0.481 e. The summed E-state index contributed by atoms with van der Waals surface area (Å²) in [7, 11) is 0. The lowest BCUT2D eigenvalue weighted by Gasteiger charge is -2.13. The van der Waals surface area contributed by atoms with E-state index in [9.17, 15) is 9.59 Å². The summed E-state index contributed by atoms with van der Waals surface area (Å²) in [4.78, 5) is 29.8. The Bertz CT molecular complexity index is 946. The predicted octanol–water partition coefficient (Wildman–Crippen LogP) is 4.73. The number of fused-ring (bicyclic) bond motifs is 1. The molecule has 0 atom stereocenters. The van der Waals surface area contributed by atoms with Crippen LogP contribution in [0.4, 0.5) is 0 Å². The van der Waals surface area contributed by atoms with E-state index in [2.05, 4.69) is 4.98 Å². The van der Waals surface area contributed by atoms with Gasteiger partial charge in [-0.2, -0.15) is 0 Å². The van der Waals surface area contributed by atoms with Gasteiger partial charge < -0.3 is 5.11 Å². The lowest BCUT2D eigenvalue weighted by molar-refractivity contribution is -0.137. The molecule has 0 unspecified atom stereocenters. The van der Waals surface area contributed by atoms with Gasteiger partial charge in [0.25, 0.3) is 5.91 Å². The normalized spacial score (nSPS) is 15.9. The fourth-order valence-corrected chi connectivity index (χ4v) is 4.27. The molecule has 1 amide bonds. The van der Waals surface area contributed by atoms with E-state index in [0.29, 0.717) is 38.4 Å². The van der Waals surface area contributed by atoms with Crippen LogP contribution in [0, 0.1) is 0 Å². The number of nitrogens with zero attached hydrogens (tertiary/aromatic N) is 2. The molecule has 1 aliphatic rings. The lowest BCUT2D eigenvalue weighted by Crippen LogP contribution is -2.29. The molecule has 0 bridgehead atoms. The third kappa shape index (κ3) is 4.86. The van der Waals surface area contributed by atoms with Gasteiger partial charge in [0.15, 0.2) is 0 Å². The van der Waals surface area contributed by atoms with E-state index in [1.54, 1.807) is 17.0 Å². The molecule has 2 heterocycles. The highest BCUT2D eigenvalue weighted by atomic mass is 35.5. The van der Waals surface area contributed by atoms with Gasteiger partial charge in [0.2, 0.25) is 0 Å². The first-order valence-electron chi connectivity index (χ1n) is 8.48. The first-order valence-corrected chi connectivity index (χ1v) is 10.1. The standard InChI is InChI=1S/C19H17ClN2O3S2/c20-14-6-4-5-12-8-9-13(21-17(12)14)11-15-18(25)22(19(26)27-15)10-3-1-2-7-16(23)24/h4-6,8-9,11H,1-3,7,10H2,(H,23,24). The molecule has 5 nitrogen and oxygen atoms in total. The van der Waals surface area contributed by atoms with Crippen LogP contribution in [0.1, 0.15) is 31.4 Å². The number of thiocarbonyl (C=S) groups is 1. The number of unbranched alkanes of at least 4 members (excludes halogenated alkanes) is 2. The second-order valence-corrected chi connectivity index (χ2v) is 8.17. The molecule has 2 aromatic rings. The number of carbonyl (C=O) groups excluding carboxylic acids is 1. The summed E-state index contributed by atoms with van der Waals surface area (Å²) in [6.45, 7) is 0.499. The number of thioether (sulfide) groups is 1. The van der Waals surface area contributed by atoms with E-state index in [1.807, 2.05) is 24.3 Å². The fourth-order valence-electron chi connectivity index (χ4n) is 2.76. The highest BCUT2D eigenvalue weighted by molar-refractivity contribution is 8.26. The summed E-state index contributed by atoms with van der Waals surface area (Å²) in [5.74, 6) is -0.934. The van der Waals surface area contributed by atoms with Crippen LogP contribution in [0.15, 0.2) is 35.2 Å². The van der Waals surface area contributed by atoms with Crippen molar-refractivity contribution in [3.63, 3.8) is 0 Å². The molecule has 0 radical (unpaired) electrons. The number of pyridine rings is 1. The van der Waals surface area contributed by atoms with Crippen LogP contribution in [0.25, 0.3) is 17.0 Å². The minimum absolute atomic E-state index is 0.135. The van der Waals surface area contributed by atoms with E-state index >= 15 is 0 Å². The zero-order valence-corrected chi connectivity index (χ0v) is 16.7. The van der Waals surface area contributed by atoms with Crippen molar-refractivity contribution in [3.05, 3.63) is 46.0 Å². The number of halogens is 1. The Morgan fingerprint density at radius 2 is 2.07 bits per heavy atom. The van der Waals surface area contributed by atoms with Crippen LogP contribution in [0.2, 0.25) is 5.02 Å². The van der Waals surface area contributed by atoms with Crippen molar-refractivity contribution in [1.29, 1.82) is 0 Å². The van der Waals surface area contributed by atoms with Crippen molar-refractivity contribution in [2.24, 2.45) is 0 Å². The van der Waals surface area contributed by atoms with Crippen LogP contribution < -0.4 is 0 Å². The minimum Gasteiger partial charge on any atom is -0.481 e. The number of rotatable bonds is 7. The summed E-state index contributed by atoms with van der Waals surface area (Å²) in [5, 5.41) is 10.2. The summed E-state index contributed by atoms with van der Waals surface area (Å²) in [6, 6.07) is 9.35.